The topological polar surface area (TPSA) is 41.1 Å². The highest BCUT2D eigenvalue weighted by Crippen LogP contribution is 2.22. The number of nitrogens with zero attached hydrogens (tertiary/aromatic N) is 3. The van der Waals surface area contributed by atoms with Crippen molar-refractivity contribution in [2.75, 3.05) is 23.3 Å². The summed E-state index contributed by atoms with van der Waals surface area (Å²) in [4.78, 5) is 11.7. The number of hydrogen-bond acceptors (Lipinski definition) is 4. The highest BCUT2D eigenvalue weighted by molar-refractivity contribution is 5.59. The van der Waals surface area contributed by atoms with Gasteiger partial charge in [0.2, 0.25) is 5.95 Å². The summed E-state index contributed by atoms with van der Waals surface area (Å²) in [6.45, 7) is 6.32. The summed E-state index contributed by atoms with van der Waals surface area (Å²) in [6.07, 6.45) is 5.16. The van der Waals surface area contributed by atoms with Crippen LogP contribution in [-0.2, 0) is 0 Å². The molecule has 1 N–H and O–H groups in total. The largest absolute Gasteiger partial charge is 0.356 e. The summed E-state index contributed by atoms with van der Waals surface area (Å²) in [6, 6.07) is 10.3. The third kappa shape index (κ3) is 3.56. The molecule has 0 saturated carbocycles. The van der Waals surface area contributed by atoms with Crippen molar-refractivity contribution >= 4 is 17.5 Å². The third-order valence-corrected chi connectivity index (χ3v) is 4.16. The van der Waals surface area contributed by atoms with Gasteiger partial charge >= 0.3 is 0 Å². The number of para-hydroxylation sites is 1. The molecule has 22 heavy (non-hydrogen) atoms. The fourth-order valence-corrected chi connectivity index (χ4v) is 2.90. The van der Waals surface area contributed by atoms with Crippen LogP contribution in [0.5, 0.6) is 0 Å². The summed E-state index contributed by atoms with van der Waals surface area (Å²) >= 11 is 0. The molecule has 4 heteroatoms. The molecule has 116 valence electrons. The van der Waals surface area contributed by atoms with E-state index in [4.69, 9.17) is 4.98 Å². The lowest BCUT2D eigenvalue weighted by molar-refractivity contribution is 0.726. The van der Waals surface area contributed by atoms with Gasteiger partial charge in [0.15, 0.2) is 0 Å². The molecule has 3 rings (SSSR count). The Balaban J connectivity index is 1.84. The van der Waals surface area contributed by atoms with Gasteiger partial charge in [0.25, 0.3) is 0 Å². The van der Waals surface area contributed by atoms with Crippen molar-refractivity contribution < 1.29 is 0 Å². The molecular weight excluding hydrogens is 272 g/mol. The van der Waals surface area contributed by atoms with Crippen molar-refractivity contribution in [3.63, 3.8) is 0 Å². The number of benzene rings is 1. The van der Waals surface area contributed by atoms with Gasteiger partial charge < -0.3 is 10.2 Å². The van der Waals surface area contributed by atoms with Gasteiger partial charge in [0, 0.05) is 30.5 Å². The Morgan fingerprint density at radius 2 is 1.68 bits per heavy atom. The van der Waals surface area contributed by atoms with Crippen LogP contribution in [-0.4, -0.2) is 23.1 Å². The van der Waals surface area contributed by atoms with Crippen molar-refractivity contribution in [2.45, 2.75) is 39.5 Å². The molecule has 1 saturated heterocycles. The second kappa shape index (κ2) is 6.77. The van der Waals surface area contributed by atoms with E-state index in [1.54, 1.807) is 0 Å². The average Bonchev–Trinajstić information content (AvgIpc) is 2.78. The fourth-order valence-electron chi connectivity index (χ4n) is 2.90. The molecule has 0 amide bonds. The van der Waals surface area contributed by atoms with Gasteiger partial charge in [-0.3, -0.25) is 0 Å². The molecule has 0 aliphatic carbocycles. The van der Waals surface area contributed by atoms with Gasteiger partial charge in [-0.2, -0.15) is 4.98 Å². The minimum atomic E-state index is 0.688. The maximum absolute atomic E-state index is 4.74. The first-order valence-electron chi connectivity index (χ1n) is 8.16. The molecule has 2 heterocycles. The second-order valence-electron chi connectivity index (χ2n) is 6.03. The van der Waals surface area contributed by atoms with Gasteiger partial charge in [-0.1, -0.05) is 31.0 Å². The maximum Gasteiger partial charge on any atom is 0.229 e. The van der Waals surface area contributed by atoms with Crippen molar-refractivity contribution in [3.05, 3.63) is 41.6 Å². The SMILES string of the molecule is Cc1cc(N2CCCCCC2)nc(Nc2ccccc2C)n1. The molecule has 0 unspecified atom stereocenters. The fraction of sp³-hybridized carbons (Fsp3) is 0.444. The van der Waals surface area contributed by atoms with Crippen molar-refractivity contribution in [1.29, 1.82) is 0 Å². The quantitative estimate of drug-likeness (QED) is 0.921. The van der Waals surface area contributed by atoms with Crippen LogP contribution in [0.2, 0.25) is 0 Å². The molecule has 1 aromatic carbocycles. The summed E-state index contributed by atoms with van der Waals surface area (Å²) in [5.74, 6) is 1.74. The standard InChI is InChI=1S/C18H24N4/c1-14-9-5-6-10-16(14)20-18-19-15(2)13-17(21-18)22-11-7-3-4-8-12-22/h5-6,9-10,13H,3-4,7-8,11-12H2,1-2H3,(H,19,20,21). The van der Waals surface area contributed by atoms with Gasteiger partial charge in [-0.15, -0.1) is 0 Å². The maximum atomic E-state index is 4.74. The number of anilines is 3. The van der Waals surface area contributed by atoms with E-state index in [1.165, 1.54) is 31.2 Å². The van der Waals surface area contributed by atoms with Gasteiger partial charge in [-0.05, 0) is 38.3 Å². The summed E-state index contributed by atoms with van der Waals surface area (Å²) in [7, 11) is 0. The van der Waals surface area contributed by atoms with Crippen LogP contribution >= 0.6 is 0 Å². The average molecular weight is 296 g/mol. The molecule has 0 atom stereocenters. The lowest BCUT2D eigenvalue weighted by Crippen LogP contribution is -2.25. The Kier molecular flexibility index (Phi) is 4.56. The predicted octanol–water partition coefficient (Wildman–Crippen LogP) is 4.22. The smallest absolute Gasteiger partial charge is 0.229 e. The first-order valence-corrected chi connectivity index (χ1v) is 8.16. The normalized spacial score (nSPS) is 15.5. The molecule has 4 nitrogen and oxygen atoms in total. The predicted molar refractivity (Wildman–Crippen MR) is 91.9 cm³/mol. The van der Waals surface area contributed by atoms with Crippen molar-refractivity contribution in [3.8, 4) is 0 Å². The zero-order valence-corrected chi connectivity index (χ0v) is 13.5. The van der Waals surface area contributed by atoms with Crippen LogP contribution in [0.3, 0.4) is 0 Å². The van der Waals surface area contributed by atoms with Gasteiger partial charge in [-0.25, -0.2) is 4.98 Å². The van der Waals surface area contributed by atoms with E-state index in [-0.39, 0.29) is 0 Å². The Labute approximate surface area is 132 Å². The molecule has 0 spiro atoms. The Hall–Kier alpha value is -2.10. The molecule has 1 aromatic heterocycles. The van der Waals surface area contributed by atoms with E-state index in [0.717, 1.165) is 30.3 Å². The van der Waals surface area contributed by atoms with Crippen molar-refractivity contribution in [1.82, 2.24) is 9.97 Å². The van der Waals surface area contributed by atoms with E-state index < -0.39 is 0 Å². The van der Waals surface area contributed by atoms with E-state index in [2.05, 4.69) is 40.3 Å². The first kappa shape index (κ1) is 14.8. The molecule has 0 radical (unpaired) electrons. The Morgan fingerprint density at radius 1 is 0.955 bits per heavy atom. The minimum absolute atomic E-state index is 0.688. The van der Waals surface area contributed by atoms with E-state index >= 15 is 0 Å². The Bertz CT molecular complexity index is 631. The zero-order valence-electron chi connectivity index (χ0n) is 13.5. The summed E-state index contributed by atoms with van der Waals surface area (Å²) in [5.41, 5.74) is 3.27. The van der Waals surface area contributed by atoms with Crippen LogP contribution in [0.25, 0.3) is 0 Å². The number of aryl methyl sites for hydroxylation is 2. The Morgan fingerprint density at radius 3 is 2.41 bits per heavy atom. The van der Waals surface area contributed by atoms with Crippen molar-refractivity contribution in [2.24, 2.45) is 0 Å². The molecule has 2 aromatic rings. The number of rotatable bonds is 3. The minimum Gasteiger partial charge on any atom is -0.356 e. The lowest BCUT2D eigenvalue weighted by atomic mass is 10.2. The molecule has 1 fully saturated rings. The highest BCUT2D eigenvalue weighted by atomic mass is 15.2. The number of nitrogens with one attached hydrogen (secondary N) is 1. The zero-order chi connectivity index (χ0) is 15.4. The van der Waals surface area contributed by atoms with Crippen LogP contribution in [0.4, 0.5) is 17.5 Å². The summed E-state index contributed by atoms with van der Waals surface area (Å²) < 4.78 is 0. The van der Waals surface area contributed by atoms with E-state index in [0.29, 0.717) is 5.95 Å². The van der Waals surface area contributed by atoms with Crippen LogP contribution in [0.15, 0.2) is 30.3 Å². The van der Waals surface area contributed by atoms with Crippen LogP contribution < -0.4 is 10.2 Å². The van der Waals surface area contributed by atoms with E-state index in [1.807, 2.05) is 19.1 Å². The molecule has 0 bridgehead atoms. The number of aromatic nitrogens is 2. The molecule has 1 aliphatic heterocycles. The molecule has 1 aliphatic rings. The number of hydrogen-bond donors (Lipinski definition) is 1. The second-order valence-corrected chi connectivity index (χ2v) is 6.03. The highest BCUT2D eigenvalue weighted by Gasteiger charge is 2.13. The summed E-state index contributed by atoms with van der Waals surface area (Å²) in [5, 5.41) is 3.36. The first-order chi connectivity index (χ1) is 10.7. The van der Waals surface area contributed by atoms with E-state index in [9.17, 15) is 0 Å². The van der Waals surface area contributed by atoms with Crippen LogP contribution in [0.1, 0.15) is 36.9 Å². The monoisotopic (exact) mass is 296 g/mol. The van der Waals surface area contributed by atoms with Gasteiger partial charge in [0.1, 0.15) is 5.82 Å². The third-order valence-electron chi connectivity index (χ3n) is 4.16. The van der Waals surface area contributed by atoms with Gasteiger partial charge in [0.05, 0.1) is 0 Å². The molecular formula is C18H24N4. The van der Waals surface area contributed by atoms with Crippen LogP contribution in [0, 0.1) is 13.8 Å². The lowest BCUT2D eigenvalue weighted by Gasteiger charge is -2.22.